The smallest absolute Gasteiger partial charge is 0.252 e. The van der Waals surface area contributed by atoms with Gasteiger partial charge < -0.3 is 19.9 Å². The zero-order valence-electron chi connectivity index (χ0n) is 11.7. The number of para-hydroxylation sites is 1. The van der Waals surface area contributed by atoms with E-state index in [4.69, 9.17) is 31.5 Å². The fraction of sp³-hybridized carbons (Fsp3) is 0.188. The summed E-state index contributed by atoms with van der Waals surface area (Å²) < 4.78 is 16.5. The number of carbonyl (C=O) groups excluding carboxylic acids is 1. The van der Waals surface area contributed by atoms with Crippen molar-refractivity contribution in [1.29, 1.82) is 0 Å². The van der Waals surface area contributed by atoms with Crippen LogP contribution in [0.1, 0.15) is 21.5 Å². The summed E-state index contributed by atoms with van der Waals surface area (Å²) in [7, 11) is 0. The fourth-order valence-electron chi connectivity index (χ4n) is 2.32. The molecule has 0 atom stereocenters. The second-order valence-electron chi connectivity index (χ2n) is 4.81. The lowest BCUT2D eigenvalue weighted by atomic mass is 10.1. The fourth-order valence-corrected chi connectivity index (χ4v) is 2.58. The summed E-state index contributed by atoms with van der Waals surface area (Å²) in [4.78, 5) is 11.4. The van der Waals surface area contributed by atoms with Crippen LogP contribution in [0.2, 0.25) is 5.02 Å². The lowest BCUT2D eigenvalue weighted by Gasteiger charge is -2.21. The standard InChI is InChI=1S/C16H14ClNO4/c17-12-5-10-7-20-9-22-15(10)11(6-12)8-21-14-4-2-1-3-13(14)16(18)19/h1-6H,7-9H2,(H2,18,19). The van der Waals surface area contributed by atoms with Gasteiger partial charge in [-0.25, -0.2) is 0 Å². The number of ether oxygens (including phenoxy) is 3. The number of amides is 1. The van der Waals surface area contributed by atoms with Crippen LogP contribution in [0, 0.1) is 0 Å². The van der Waals surface area contributed by atoms with Crippen LogP contribution in [-0.2, 0) is 18.0 Å². The number of primary amides is 1. The van der Waals surface area contributed by atoms with Gasteiger partial charge in [0.05, 0.1) is 12.2 Å². The Labute approximate surface area is 132 Å². The van der Waals surface area contributed by atoms with Crippen molar-refractivity contribution in [3.8, 4) is 11.5 Å². The first kappa shape index (κ1) is 14.7. The minimum Gasteiger partial charge on any atom is -0.488 e. The van der Waals surface area contributed by atoms with Gasteiger partial charge in [0, 0.05) is 16.1 Å². The lowest BCUT2D eigenvalue weighted by Crippen LogP contribution is -2.15. The van der Waals surface area contributed by atoms with E-state index in [0.717, 1.165) is 11.1 Å². The SMILES string of the molecule is NC(=O)c1ccccc1OCc1cc(Cl)cc2c1OCOC2. The predicted molar refractivity (Wildman–Crippen MR) is 81.0 cm³/mol. The molecule has 0 radical (unpaired) electrons. The normalized spacial score (nSPS) is 13.1. The highest BCUT2D eigenvalue weighted by Crippen LogP contribution is 2.32. The van der Waals surface area contributed by atoms with E-state index in [1.165, 1.54) is 0 Å². The third-order valence-corrected chi connectivity index (χ3v) is 3.51. The molecule has 2 aromatic rings. The van der Waals surface area contributed by atoms with Crippen molar-refractivity contribution >= 4 is 17.5 Å². The van der Waals surface area contributed by atoms with E-state index in [-0.39, 0.29) is 13.4 Å². The van der Waals surface area contributed by atoms with Gasteiger partial charge in [-0.2, -0.15) is 0 Å². The van der Waals surface area contributed by atoms with Crippen molar-refractivity contribution in [2.45, 2.75) is 13.2 Å². The minimum atomic E-state index is -0.534. The number of hydrogen-bond donors (Lipinski definition) is 1. The minimum absolute atomic E-state index is 0.194. The van der Waals surface area contributed by atoms with Crippen molar-refractivity contribution in [3.63, 3.8) is 0 Å². The molecule has 5 nitrogen and oxygen atoms in total. The number of carbonyl (C=O) groups is 1. The van der Waals surface area contributed by atoms with Crippen LogP contribution in [0.3, 0.4) is 0 Å². The third kappa shape index (κ3) is 3.00. The second kappa shape index (κ2) is 6.25. The molecule has 0 spiro atoms. The molecule has 1 amide bonds. The first-order valence-corrected chi connectivity index (χ1v) is 7.06. The van der Waals surface area contributed by atoms with Gasteiger partial charge >= 0.3 is 0 Å². The first-order valence-electron chi connectivity index (χ1n) is 6.68. The lowest BCUT2D eigenvalue weighted by molar-refractivity contribution is -0.0175. The number of rotatable bonds is 4. The average molecular weight is 320 g/mol. The van der Waals surface area contributed by atoms with Crippen LogP contribution in [0.25, 0.3) is 0 Å². The van der Waals surface area contributed by atoms with Gasteiger partial charge in [-0.05, 0) is 24.3 Å². The molecule has 0 saturated heterocycles. The molecule has 0 aromatic heterocycles. The van der Waals surface area contributed by atoms with Gasteiger partial charge in [0.25, 0.3) is 5.91 Å². The maximum absolute atomic E-state index is 11.4. The van der Waals surface area contributed by atoms with Crippen molar-refractivity contribution in [2.24, 2.45) is 5.73 Å². The molecular formula is C16H14ClNO4. The third-order valence-electron chi connectivity index (χ3n) is 3.29. The maximum Gasteiger partial charge on any atom is 0.252 e. The maximum atomic E-state index is 11.4. The monoisotopic (exact) mass is 319 g/mol. The molecule has 3 rings (SSSR count). The van der Waals surface area contributed by atoms with E-state index >= 15 is 0 Å². The molecule has 1 heterocycles. The largest absolute Gasteiger partial charge is 0.488 e. The van der Waals surface area contributed by atoms with Gasteiger partial charge in [0.1, 0.15) is 18.1 Å². The summed E-state index contributed by atoms with van der Waals surface area (Å²) in [5, 5.41) is 0.578. The predicted octanol–water partition coefficient (Wildman–Crippen LogP) is 2.88. The highest BCUT2D eigenvalue weighted by molar-refractivity contribution is 6.30. The zero-order chi connectivity index (χ0) is 15.5. The number of nitrogens with two attached hydrogens (primary N) is 1. The molecule has 0 fully saturated rings. The Hall–Kier alpha value is -2.24. The summed E-state index contributed by atoms with van der Waals surface area (Å²) in [5.74, 6) is 0.608. The van der Waals surface area contributed by atoms with Crippen LogP contribution in [0.15, 0.2) is 36.4 Å². The van der Waals surface area contributed by atoms with E-state index in [1.807, 2.05) is 0 Å². The van der Waals surface area contributed by atoms with Gasteiger partial charge in [0.2, 0.25) is 0 Å². The average Bonchev–Trinajstić information content (AvgIpc) is 2.52. The Morgan fingerprint density at radius 3 is 2.95 bits per heavy atom. The molecule has 1 aliphatic heterocycles. The molecule has 0 saturated carbocycles. The van der Waals surface area contributed by atoms with Crippen LogP contribution in [-0.4, -0.2) is 12.7 Å². The summed E-state index contributed by atoms with van der Waals surface area (Å²) in [5.41, 5.74) is 7.34. The van der Waals surface area contributed by atoms with Crippen LogP contribution >= 0.6 is 11.6 Å². The molecule has 0 unspecified atom stereocenters. The van der Waals surface area contributed by atoms with Crippen molar-refractivity contribution < 1.29 is 19.0 Å². The molecule has 6 heteroatoms. The Bertz CT molecular complexity index is 717. The Kier molecular flexibility index (Phi) is 4.18. The zero-order valence-corrected chi connectivity index (χ0v) is 12.4. The van der Waals surface area contributed by atoms with Crippen molar-refractivity contribution in [2.75, 3.05) is 6.79 Å². The Balaban J connectivity index is 1.86. The van der Waals surface area contributed by atoms with Crippen LogP contribution in [0.4, 0.5) is 0 Å². The first-order chi connectivity index (χ1) is 10.6. The Morgan fingerprint density at radius 2 is 2.14 bits per heavy atom. The van der Waals surface area contributed by atoms with Gasteiger partial charge in [0.15, 0.2) is 6.79 Å². The molecule has 2 aromatic carbocycles. The van der Waals surface area contributed by atoms with Gasteiger partial charge in [-0.1, -0.05) is 23.7 Å². The molecule has 0 aliphatic carbocycles. The molecule has 0 bridgehead atoms. The number of fused-ring (bicyclic) bond motifs is 1. The van der Waals surface area contributed by atoms with E-state index < -0.39 is 5.91 Å². The highest BCUT2D eigenvalue weighted by atomic mass is 35.5. The number of halogens is 1. The van der Waals surface area contributed by atoms with Gasteiger partial charge in [-0.3, -0.25) is 4.79 Å². The molecule has 114 valence electrons. The van der Waals surface area contributed by atoms with E-state index in [0.29, 0.717) is 28.7 Å². The highest BCUT2D eigenvalue weighted by Gasteiger charge is 2.17. The molecule has 22 heavy (non-hydrogen) atoms. The molecular weight excluding hydrogens is 306 g/mol. The van der Waals surface area contributed by atoms with E-state index in [1.54, 1.807) is 36.4 Å². The topological polar surface area (TPSA) is 70.8 Å². The summed E-state index contributed by atoms with van der Waals surface area (Å²) in [6, 6.07) is 10.4. The summed E-state index contributed by atoms with van der Waals surface area (Å²) in [6.45, 7) is 0.855. The molecule has 2 N–H and O–H groups in total. The summed E-state index contributed by atoms with van der Waals surface area (Å²) in [6.07, 6.45) is 0. The Morgan fingerprint density at radius 1 is 1.32 bits per heavy atom. The van der Waals surface area contributed by atoms with E-state index in [9.17, 15) is 4.79 Å². The van der Waals surface area contributed by atoms with Gasteiger partial charge in [-0.15, -0.1) is 0 Å². The quantitative estimate of drug-likeness (QED) is 0.940. The van der Waals surface area contributed by atoms with Crippen molar-refractivity contribution in [3.05, 3.63) is 58.1 Å². The summed E-state index contributed by atoms with van der Waals surface area (Å²) >= 11 is 6.10. The second-order valence-corrected chi connectivity index (χ2v) is 5.25. The number of benzene rings is 2. The van der Waals surface area contributed by atoms with Crippen LogP contribution < -0.4 is 15.2 Å². The van der Waals surface area contributed by atoms with Crippen LogP contribution in [0.5, 0.6) is 11.5 Å². The van der Waals surface area contributed by atoms with Crippen molar-refractivity contribution in [1.82, 2.24) is 0 Å². The number of hydrogen-bond acceptors (Lipinski definition) is 4. The molecule has 1 aliphatic rings. The van der Waals surface area contributed by atoms with E-state index in [2.05, 4.69) is 0 Å².